The number of carbonyl (C=O) groups is 1. The first-order chi connectivity index (χ1) is 16.4. The van der Waals surface area contributed by atoms with Crippen molar-refractivity contribution in [2.45, 2.75) is 57.6 Å². The molecule has 3 aromatic carbocycles. The Morgan fingerprint density at radius 2 is 1.79 bits per heavy atom. The van der Waals surface area contributed by atoms with Gasteiger partial charge in [0.25, 0.3) is 5.91 Å². The van der Waals surface area contributed by atoms with Crippen LogP contribution in [0.4, 0.5) is 4.39 Å². The van der Waals surface area contributed by atoms with Crippen LogP contribution in [0, 0.1) is 5.82 Å². The molecular formula is C30H32FNO2. The van der Waals surface area contributed by atoms with E-state index in [-0.39, 0.29) is 11.7 Å². The molecule has 0 fully saturated rings. The summed E-state index contributed by atoms with van der Waals surface area (Å²) in [5.74, 6) is -0.198. The van der Waals surface area contributed by atoms with Crippen LogP contribution in [0.25, 0.3) is 6.08 Å². The van der Waals surface area contributed by atoms with Gasteiger partial charge >= 0.3 is 0 Å². The second kappa shape index (κ2) is 10.8. The smallest absolute Gasteiger partial charge is 0.252 e. The van der Waals surface area contributed by atoms with Crippen molar-refractivity contribution < 1.29 is 14.3 Å². The fraction of sp³-hybridized carbons (Fsp3) is 0.300. The normalized spacial score (nSPS) is 14.9. The molecule has 1 amide bonds. The minimum atomic E-state index is -0.981. The van der Waals surface area contributed by atoms with Gasteiger partial charge in [-0.15, -0.1) is 0 Å². The Kier molecular flexibility index (Phi) is 7.59. The van der Waals surface area contributed by atoms with Crippen LogP contribution in [0.3, 0.4) is 0 Å². The highest BCUT2D eigenvalue weighted by Gasteiger charge is 2.25. The van der Waals surface area contributed by atoms with Gasteiger partial charge in [-0.25, -0.2) is 4.39 Å². The molecule has 0 bridgehead atoms. The number of allylic oxidation sites excluding steroid dienone is 1. The van der Waals surface area contributed by atoms with Crippen molar-refractivity contribution >= 4 is 12.0 Å². The van der Waals surface area contributed by atoms with Gasteiger partial charge in [0.1, 0.15) is 5.82 Å². The SMILES string of the molecule is CC(C)c1cccc(CC(NC(=O)c2cccc3c2C=CCCC3)C(O)c2ccc(F)cc2)c1. The largest absolute Gasteiger partial charge is 0.386 e. The molecule has 3 nitrogen and oxygen atoms in total. The average Bonchev–Trinajstić information content (AvgIpc) is 3.09. The van der Waals surface area contributed by atoms with Gasteiger partial charge in [0, 0.05) is 5.56 Å². The van der Waals surface area contributed by atoms with Crippen LogP contribution in [0.15, 0.2) is 72.8 Å². The molecule has 1 aliphatic rings. The number of carbonyl (C=O) groups excluding carboxylic acids is 1. The van der Waals surface area contributed by atoms with Crippen LogP contribution < -0.4 is 5.32 Å². The number of fused-ring (bicyclic) bond motifs is 1. The van der Waals surface area contributed by atoms with Crippen molar-refractivity contribution in [1.82, 2.24) is 5.32 Å². The van der Waals surface area contributed by atoms with Crippen molar-refractivity contribution in [3.63, 3.8) is 0 Å². The molecule has 0 saturated carbocycles. The molecule has 2 atom stereocenters. The number of aryl methyl sites for hydroxylation is 1. The van der Waals surface area contributed by atoms with E-state index in [1.54, 1.807) is 12.1 Å². The number of rotatable bonds is 7. The Labute approximate surface area is 201 Å². The van der Waals surface area contributed by atoms with Gasteiger partial charge in [-0.05, 0) is 77.6 Å². The average molecular weight is 458 g/mol. The molecule has 2 unspecified atom stereocenters. The topological polar surface area (TPSA) is 49.3 Å². The van der Waals surface area contributed by atoms with Crippen molar-refractivity contribution in [1.29, 1.82) is 0 Å². The van der Waals surface area contributed by atoms with Crippen molar-refractivity contribution in [3.8, 4) is 0 Å². The first-order valence-corrected chi connectivity index (χ1v) is 12.0. The standard InChI is InChI=1S/C30H32FNO2/c1-20(2)24-11-6-8-21(18-24)19-28(29(33)23-14-16-25(31)17-15-23)32-30(34)27-13-7-10-22-9-4-3-5-12-26(22)27/h5-8,10-18,20,28-29,33H,3-4,9,19H2,1-2H3,(H,32,34). The van der Waals surface area contributed by atoms with Gasteiger partial charge < -0.3 is 10.4 Å². The van der Waals surface area contributed by atoms with Crippen LogP contribution in [0.5, 0.6) is 0 Å². The van der Waals surface area contributed by atoms with Crippen molar-refractivity contribution in [3.05, 3.63) is 112 Å². The molecule has 4 heteroatoms. The number of aliphatic hydroxyl groups is 1. The number of halogens is 1. The second-order valence-electron chi connectivity index (χ2n) is 9.35. The Morgan fingerprint density at radius 3 is 2.56 bits per heavy atom. The predicted octanol–water partition coefficient (Wildman–Crippen LogP) is 6.37. The summed E-state index contributed by atoms with van der Waals surface area (Å²) >= 11 is 0. The van der Waals surface area contributed by atoms with E-state index in [2.05, 4.69) is 43.4 Å². The molecule has 4 rings (SSSR count). The number of nitrogens with one attached hydrogen (secondary N) is 1. The van der Waals surface area contributed by atoms with Crippen LogP contribution in [0.2, 0.25) is 0 Å². The Bertz CT molecular complexity index is 1170. The third kappa shape index (κ3) is 5.63. The number of amides is 1. The zero-order chi connectivity index (χ0) is 24.1. The fourth-order valence-corrected chi connectivity index (χ4v) is 4.55. The summed E-state index contributed by atoms with van der Waals surface area (Å²) in [4.78, 5) is 13.5. The third-order valence-electron chi connectivity index (χ3n) is 6.52. The molecule has 176 valence electrons. The van der Waals surface area contributed by atoms with Crippen LogP contribution >= 0.6 is 0 Å². The summed E-state index contributed by atoms with van der Waals surface area (Å²) in [6, 6.07) is 19.3. The number of hydrogen-bond acceptors (Lipinski definition) is 2. The van der Waals surface area contributed by atoms with Crippen LogP contribution in [-0.2, 0) is 12.8 Å². The zero-order valence-corrected chi connectivity index (χ0v) is 19.8. The zero-order valence-electron chi connectivity index (χ0n) is 19.8. The van der Waals surface area contributed by atoms with Crippen LogP contribution in [0.1, 0.15) is 76.9 Å². The molecule has 0 aliphatic heterocycles. The molecule has 2 N–H and O–H groups in total. The first-order valence-electron chi connectivity index (χ1n) is 12.0. The highest BCUT2D eigenvalue weighted by atomic mass is 19.1. The van der Waals surface area contributed by atoms with E-state index in [0.717, 1.165) is 30.4 Å². The molecule has 0 aromatic heterocycles. The molecule has 3 aromatic rings. The van der Waals surface area contributed by atoms with Gasteiger partial charge in [-0.2, -0.15) is 0 Å². The lowest BCUT2D eigenvalue weighted by Gasteiger charge is -2.26. The molecule has 0 heterocycles. The lowest BCUT2D eigenvalue weighted by Crippen LogP contribution is -2.41. The quantitative estimate of drug-likeness (QED) is 0.433. The van der Waals surface area contributed by atoms with E-state index in [4.69, 9.17) is 0 Å². The lowest BCUT2D eigenvalue weighted by molar-refractivity contribution is 0.0832. The lowest BCUT2D eigenvalue weighted by atomic mass is 9.92. The highest BCUT2D eigenvalue weighted by Crippen LogP contribution is 2.25. The maximum Gasteiger partial charge on any atom is 0.252 e. The van der Waals surface area contributed by atoms with E-state index >= 15 is 0 Å². The number of hydrogen-bond donors (Lipinski definition) is 2. The Morgan fingerprint density at radius 1 is 1.03 bits per heavy atom. The number of aliphatic hydroxyl groups excluding tert-OH is 1. The summed E-state index contributed by atoms with van der Waals surface area (Å²) in [7, 11) is 0. The van der Waals surface area contributed by atoms with E-state index in [1.807, 2.05) is 30.3 Å². The summed E-state index contributed by atoms with van der Waals surface area (Å²) in [5.41, 5.74) is 5.54. The van der Waals surface area contributed by atoms with Gasteiger partial charge in [-0.3, -0.25) is 4.79 Å². The van der Waals surface area contributed by atoms with E-state index in [1.165, 1.54) is 23.3 Å². The Balaban J connectivity index is 1.65. The van der Waals surface area contributed by atoms with Gasteiger partial charge in [-0.1, -0.05) is 74.5 Å². The molecule has 0 saturated heterocycles. The van der Waals surface area contributed by atoms with E-state index in [9.17, 15) is 14.3 Å². The molecule has 0 spiro atoms. The first kappa shape index (κ1) is 23.9. The monoisotopic (exact) mass is 457 g/mol. The van der Waals surface area contributed by atoms with Gasteiger partial charge in [0.2, 0.25) is 0 Å². The highest BCUT2D eigenvalue weighted by molar-refractivity contribution is 5.98. The molecule has 1 aliphatic carbocycles. The maximum absolute atomic E-state index is 13.5. The van der Waals surface area contributed by atoms with Gasteiger partial charge in [0.15, 0.2) is 0 Å². The van der Waals surface area contributed by atoms with Gasteiger partial charge in [0.05, 0.1) is 12.1 Å². The maximum atomic E-state index is 13.5. The fourth-order valence-electron chi connectivity index (χ4n) is 4.55. The van der Waals surface area contributed by atoms with Crippen molar-refractivity contribution in [2.75, 3.05) is 0 Å². The number of benzene rings is 3. The summed E-state index contributed by atoms with van der Waals surface area (Å²) in [6.45, 7) is 4.28. The van der Waals surface area contributed by atoms with Crippen molar-refractivity contribution in [2.24, 2.45) is 0 Å². The summed E-state index contributed by atoms with van der Waals surface area (Å²) in [6.07, 6.45) is 6.62. The van der Waals surface area contributed by atoms with E-state index in [0.29, 0.717) is 23.5 Å². The summed E-state index contributed by atoms with van der Waals surface area (Å²) < 4.78 is 13.5. The minimum absolute atomic E-state index is 0.213. The molecule has 0 radical (unpaired) electrons. The molecule has 34 heavy (non-hydrogen) atoms. The van der Waals surface area contributed by atoms with Crippen LogP contribution in [-0.4, -0.2) is 17.1 Å². The molecular weight excluding hydrogens is 425 g/mol. The summed E-state index contributed by atoms with van der Waals surface area (Å²) in [5, 5.41) is 14.3. The second-order valence-corrected chi connectivity index (χ2v) is 9.35. The minimum Gasteiger partial charge on any atom is -0.386 e. The third-order valence-corrected chi connectivity index (χ3v) is 6.52. The predicted molar refractivity (Wildman–Crippen MR) is 135 cm³/mol. The Hall–Kier alpha value is -3.24. The van der Waals surface area contributed by atoms with E-state index < -0.39 is 12.1 Å².